The number of aryl methyl sites for hydroxylation is 1. The standard InChI is InChI=1S/C14H23NO/c1-5-6-10-7-11(9-15)13(16)12(8-10)14(2,3)4/h7-8,16H,5-6,9,15H2,1-4H3. The van der Waals surface area contributed by atoms with Gasteiger partial charge in [-0.3, -0.25) is 0 Å². The average molecular weight is 221 g/mol. The summed E-state index contributed by atoms with van der Waals surface area (Å²) in [6.07, 6.45) is 2.15. The molecule has 2 heteroatoms. The quantitative estimate of drug-likeness (QED) is 0.824. The molecule has 16 heavy (non-hydrogen) atoms. The molecule has 0 aliphatic carbocycles. The van der Waals surface area contributed by atoms with E-state index in [-0.39, 0.29) is 5.41 Å². The summed E-state index contributed by atoms with van der Waals surface area (Å²) >= 11 is 0. The molecule has 0 fully saturated rings. The highest BCUT2D eigenvalue weighted by atomic mass is 16.3. The normalized spacial score (nSPS) is 11.8. The van der Waals surface area contributed by atoms with Crippen LogP contribution in [0.4, 0.5) is 0 Å². The molecular weight excluding hydrogens is 198 g/mol. The number of benzene rings is 1. The van der Waals surface area contributed by atoms with Crippen LogP contribution in [0.3, 0.4) is 0 Å². The highest BCUT2D eigenvalue weighted by Gasteiger charge is 2.20. The minimum atomic E-state index is -0.0439. The van der Waals surface area contributed by atoms with Gasteiger partial charge in [0.05, 0.1) is 0 Å². The van der Waals surface area contributed by atoms with E-state index < -0.39 is 0 Å². The lowest BCUT2D eigenvalue weighted by Gasteiger charge is -2.23. The van der Waals surface area contributed by atoms with E-state index in [1.807, 2.05) is 6.07 Å². The maximum atomic E-state index is 10.1. The SMILES string of the molecule is CCCc1cc(CN)c(O)c(C(C)(C)C)c1. The van der Waals surface area contributed by atoms with Crippen molar-refractivity contribution in [2.45, 2.75) is 52.5 Å². The van der Waals surface area contributed by atoms with Crippen molar-refractivity contribution in [3.05, 3.63) is 28.8 Å². The molecule has 0 aliphatic rings. The second-order valence-electron chi connectivity index (χ2n) is 5.36. The van der Waals surface area contributed by atoms with Gasteiger partial charge in [-0.25, -0.2) is 0 Å². The van der Waals surface area contributed by atoms with E-state index in [4.69, 9.17) is 5.73 Å². The van der Waals surface area contributed by atoms with Gasteiger partial charge in [-0.05, 0) is 23.0 Å². The summed E-state index contributed by atoms with van der Waals surface area (Å²) in [5, 5.41) is 10.1. The molecule has 0 amide bonds. The summed E-state index contributed by atoms with van der Waals surface area (Å²) in [6, 6.07) is 4.13. The summed E-state index contributed by atoms with van der Waals surface area (Å²) < 4.78 is 0. The van der Waals surface area contributed by atoms with Crippen LogP contribution in [0.2, 0.25) is 0 Å². The van der Waals surface area contributed by atoms with Crippen LogP contribution in [0, 0.1) is 0 Å². The fraction of sp³-hybridized carbons (Fsp3) is 0.571. The molecule has 0 atom stereocenters. The van der Waals surface area contributed by atoms with Crippen molar-refractivity contribution in [2.24, 2.45) is 5.73 Å². The minimum Gasteiger partial charge on any atom is -0.507 e. The maximum absolute atomic E-state index is 10.1. The minimum absolute atomic E-state index is 0.0439. The van der Waals surface area contributed by atoms with Gasteiger partial charge in [-0.1, -0.05) is 46.2 Å². The molecule has 0 heterocycles. The van der Waals surface area contributed by atoms with E-state index in [1.54, 1.807) is 0 Å². The second kappa shape index (κ2) is 4.88. The summed E-state index contributed by atoms with van der Waals surface area (Å²) in [5.74, 6) is 0.370. The first-order chi connectivity index (χ1) is 7.40. The first-order valence-electron chi connectivity index (χ1n) is 5.95. The van der Waals surface area contributed by atoms with E-state index in [1.165, 1.54) is 5.56 Å². The molecule has 1 aromatic rings. The Kier molecular flexibility index (Phi) is 3.98. The Balaban J connectivity index is 3.30. The Hall–Kier alpha value is -1.02. The van der Waals surface area contributed by atoms with Gasteiger partial charge in [0.15, 0.2) is 0 Å². The molecule has 1 rings (SSSR count). The zero-order chi connectivity index (χ0) is 12.3. The zero-order valence-corrected chi connectivity index (χ0v) is 10.8. The van der Waals surface area contributed by atoms with Crippen molar-refractivity contribution >= 4 is 0 Å². The number of aromatic hydroxyl groups is 1. The third-order valence-electron chi connectivity index (χ3n) is 2.82. The van der Waals surface area contributed by atoms with E-state index >= 15 is 0 Å². The maximum Gasteiger partial charge on any atom is 0.123 e. The fourth-order valence-electron chi connectivity index (χ4n) is 1.92. The van der Waals surface area contributed by atoms with Crippen LogP contribution in [0.25, 0.3) is 0 Å². The van der Waals surface area contributed by atoms with Gasteiger partial charge in [0, 0.05) is 12.1 Å². The average Bonchev–Trinajstić information content (AvgIpc) is 2.19. The van der Waals surface area contributed by atoms with Crippen molar-refractivity contribution in [1.29, 1.82) is 0 Å². The molecular formula is C14H23NO. The van der Waals surface area contributed by atoms with Crippen molar-refractivity contribution in [3.63, 3.8) is 0 Å². The van der Waals surface area contributed by atoms with E-state index in [9.17, 15) is 5.11 Å². The molecule has 0 saturated heterocycles. The number of hydrogen-bond acceptors (Lipinski definition) is 2. The van der Waals surface area contributed by atoms with Crippen LogP contribution in [0.15, 0.2) is 12.1 Å². The van der Waals surface area contributed by atoms with E-state index in [0.717, 1.165) is 24.0 Å². The van der Waals surface area contributed by atoms with E-state index in [2.05, 4.69) is 33.8 Å². The van der Waals surface area contributed by atoms with Crippen molar-refractivity contribution in [2.75, 3.05) is 0 Å². The highest BCUT2D eigenvalue weighted by Crippen LogP contribution is 2.34. The van der Waals surface area contributed by atoms with Gasteiger partial charge < -0.3 is 10.8 Å². The lowest BCUT2D eigenvalue weighted by molar-refractivity contribution is 0.440. The van der Waals surface area contributed by atoms with Gasteiger partial charge in [-0.2, -0.15) is 0 Å². The van der Waals surface area contributed by atoms with Gasteiger partial charge in [0.2, 0.25) is 0 Å². The van der Waals surface area contributed by atoms with Crippen molar-refractivity contribution < 1.29 is 5.11 Å². The molecule has 0 aromatic heterocycles. The highest BCUT2D eigenvalue weighted by molar-refractivity contribution is 5.47. The molecule has 2 nitrogen and oxygen atoms in total. The van der Waals surface area contributed by atoms with Crippen LogP contribution in [-0.2, 0) is 18.4 Å². The molecule has 90 valence electrons. The summed E-state index contributed by atoms with van der Waals surface area (Å²) in [4.78, 5) is 0. The lowest BCUT2D eigenvalue weighted by Crippen LogP contribution is -2.13. The number of nitrogens with two attached hydrogens (primary N) is 1. The van der Waals surface area contributed by atoms with Crippen LogP contribution in [-0.4, -0.2) is 5.11 Å². The molecule has 1 aromatic carbocycles. The smallest absolute Gasteiger partial charge is 0.123 e. The topological polar surface area (TPSA) is 46.2 Å². The largest absolute Gasteiger partial charge is 0.507 e. The number of rotatable bonds is 3. The van der Waals surface area contributed by atoms with Crippen LogP contribution in [0.5, 0.6) is 5.75 Å². The molecule has 0 aliphatic heterocycles. The van der Waals surface area contributed by atoms with Gasteiger partial charge >= 0.3 is 0 Å². The van der Waals surface area contributed by atoms with Crippen LogP contribution >= 0.6 is 0 Å². The van der Waals surface area contributed by atoms with Gasteiger partial charge in [-0.15, -0.1) is 0 Å². The Morgan fingerprint density at radius 3 is 2.31 bits per heavy atom. The Labute approximate surface area is 98.5 Å². The first kappa shape index (κ1) is 13.0. The summed E-state index contributed by atoms with van der Waals surface area (Å²) in [6.45, 7) is 8.88. The van der Waals surface area contributed by atoms with Crippen molar-refractivity contribution in [3.8, 4) is 5.75 Å². The summed E-state index contributed by atoms with van der Waals surface area (Å²) in [5.41, 5.74) is 8.75. The predicted octanol–water partition coefficient (Wildman–Crippen LogP) is 3.10. The van der Waals surface area contributed by atoms with Gasteiger partial charge in [0.25, 0.3) is 0 Å². The van der Waals surface area contributed by atoms with E-state index in [0.29, 0.717) is 12.3 Å². The Morgan fingerprint density at radius 1 is 1.25 bits per heavy atom. The molecule has 0 saturated carbocycles. The summed E-state index contributed by atoms with van der Waals surface area (Å²) in [7, 11) is 0. The fourth-order valence-corrected chi connectivity index (χ4v) is 1.92. The molecule has 0 spiro atoms. The number of hydrogen-bond donors (Lipinski definition) is 2. The number of phenols is 1. The zero-order valence-electron chi connectivity index (χ0n) is 10.8. The van der Waals surface area contributed by atoms with Crippen LogP contribution in [0.1, 0.15) is 50.8 Å². The number of phenolic OH excluding ortho intramolecular Hbond substituents is 1. The monoisotopic (exact) mass is 221 g/mol. The third kappa shape index (κ3) is 2.76. The van der Waals surface area contributed by atoms with Crippen LogP contribution < -0.4 is 5.73 Å². The molecule has 0 bridgehead atoms. The molecule has 0 radical (unpaired) electrons. The first-order valence-corrected chi connectivity index (χ1v) is 5.95. The third-order valence-corrected chi connectivity index (χ3v) is 2.82. The molecule has 3 N–H and O–H groups in total. The predicted molar refractivity (Wildman–Crippen MR) is 68.7 cm³/mol. The van der Waals surface area contributed by atoms with Crippen molar-refractivity contribution in [1.82, 2.24) is 0 Å². The second-order valence-corrected chi connectivity index (χ2v) is 5.36. The molecule has 0 unspecified atom stereocenters. The lowest BCUT2D eigenvalue weighted by atomic mass is 9.83. The van der Waals surface area contributed by atoms with Gasteiger partial charge in [0.1, 0.15) is 5.75 Å². The Morgan fingerprint density at radius 2 is 1.88 bits per heavy atom. The Bertz CT molecular complexity index is 364.